The Labute approximate surface area is 345 Å². The third-order valence-corrected chi connectivity index (χ3v) is 13.0. The van der Waals surface area contributed by atoms with Crippen LogP contribution in [0.4, 0.5) is 0 Å². The van der Waals surface area contributed by atoms with Gasteiger partial charge in [0.15, 0.2) is 5.82 Å². The molecule has 0 saturated heterocycles. The van der Waals surface area contributed by atoms with Gasteiger partial charge in [-0.05, 0) is 108 Å². The van der Waals surface area contributed by atoms with Crippen molar-refractivity contribution in [1.29, 1.82) is 0 Å². The van der Waals surface area contributed by atoms with Gasteiger partial charge in [-0.1, -0.05) is 164 Å². The molecule has 12 aromatic rings. The summed E-state index contributed by atoms with van der Waals surface area (Å²) >= 11 is 1.83. The minimum Gasteiger partial charge on any atom is -0.228 e. The van der Waals surface area contributed by atoms with E-state index in [2.05, 4.69) is 188 Å². The van der Waals surface area contributed by atoms with E-state index in [1.807, 2.05) is 29.5 Å². The molecule has 0 aliphatic carbocycles. The van der Waals surface area contributed by atoms with E-state index in [-0.39, 0.29) is 0 Å². The minimum atomic E-state index is 0.720. The number of thiophene rings is 1. The average Bonchev–Trinajstić information content (AvgIpc) is 3.69. The summed E-state index contributed by atoms with van der Waals surface area (Å²) in [4.78, 5) is 10.3. The third-order valence-electron chi connectivity index (χ3n) is 11.8. The predicted molar refractivity (Wildman–Crippen MR) is 252 cm³/mol. The molecule has 0 aliphatic heterocycles. The van der Waals surface area contributed by atoms with E-state index in [0.717, 1.165) is 33.9 Å². The molecule has 2 nitrogen and oxygen atoms in total. The lowest BCUT2D eigenvalue weighted by Crippen LogP contribution is -1.96. The molecule has 0 N–H and O–H groups in total. The molecule has 59 heavy (non-hydrogen) atoms. The molecule has 0 saturated carbocycles. The fourth-order valence-electron chi connectivity index (χ4n) is 8.89. The summed E-state index contributed by atoms with van der Waals surface area (Å²) in [6.45, 7) is 0. The highest BCUT2D eigenvalue weighted by Gasteiger charge is 2.15. The molecule has 12 rings (SSSR count). The number of nitrogens with zero attached hydrogens (tertiary/aromatic N) is 2. The minimum absolute atomic E-state index is 0.720. The quantitative estimate of drug-likeness (QED) is 0.129. The zero-order chi connectivity index (χ0) is 38.9. The van der Waals surface area contributed by atoms with Gasteiger partial charge in [0.1, 0.15) is 0 Å². The second-order valence-corrected chi connectivity index (χ2v) is 16.4. The molecular formula is C56H34N2S. The fourth-order valence-corrected chi connectivity index (χ4v) is 9.98. The Morgan fingerprint density at radius 2 is 0.847 bits per heavy atom. The van der Waals surface area contributed by atoms with Gasteiger partial charge in [0.05, 0.1) is 11.4 Å². The molecule has 0 unspecified atom stereocenters. The Hall–Kier alpha value is -7.46. The summed E-state index contributed by atoms with van der Waals surface area (Å²) in [6.07, 6.45) is 0. The maximum Gasteiger partial charge on any atom is 0.160 e. The summed E-state index contributed by atoms with van der Waals surface area (Å²) < 4.78 is 2.58. The second kappa shape index (κ2) is 13.6. The monoisotopic (exact) mass is 766 g/mol. The van der Waals surface area contributed by atoms with Crippen molar-refractivity contribution in [1.82, 2.24) is 9.97 Å². The molecule has 0 bridgehead atoms. The summed E-state index contributed by atoms with van der Waals surface area (Å²) in [5, 5.41) is 12.5. The van der Waals surface area contributed by atoms with Crippen LogP contribution in [0.5, 0.6) is 0 Å². The molecule has 0 fully saturated rings. The van der Waals surface area contributed by atoms with Crippen LogP contribution in [0, 0.1) is 0 Å². The zero-order valence-corrected chi connectivity index (χ0v) is 32.7. The summed E-state index contributed by atoms with van der Waals surface area (Å²) in [5.41, 5.74) is 9.85. The smallest absolute Gasteiger partial charge is 0.160 e. The Balaban J connectivity index is 0.915. The number of aromatic nitrogens is 2. The van der Waals surface area contributed by atoms with Crippen LogP contribution < -0.4 is 0 Å². The summed E-state index contributed by atoms with van der Waals surface area (Å²) in [6, 6.07) is 74.7. The Kier molecular flexibility index (Phi) is 7.75. The first-order valence-electron chi connectivity index (χ1n) is 20.0. The summed E-state index contributed by atoms with van der Waals surface area (Å²) in [7, 11) is 0. The average molecular weight is 767 g/mol. The van der Waals surface area contributed by atoms with Crippen LogP contribution in [0.15, 0.2) is 206 Å². The number of fused-ring (bicyclic) bond motifs is 8. The molecular weight excluding hydrogens is 733 g/mol. The normalized spacial score (nSPS) is 11.7. The van der Waals surface area contributed by atoms with Gasteiger partial charge in [0.2, 0.25) is 0 Å². The first-order valence-corrected chi connectivity index (χ1v) is 20.9. The predicted octanol–water partition coefficient (Wildman–Crippen LogP) is 15.8. The summed E-state index contributed by atoms with van der Waals surface area (Å²) in [5.74, 6) is 0.720. The topological polar surface area (TPSA) is 25.8 Å². The van der Waals surface area contributed by atoms with Crippen molar-refractivity contribution in [2.24, 2.45) is 0 Å². The molecule has 2 aromatic heterocycles. The molecule has 2 heterocycles. The Morgan fingerprint density at radius 1 is 0.271 bits per heavy atom. The Morgan fingerprint density at radius 3 is 1.66 bits per heavy atom. The fraction of sp³-hybridized carbons (Fsp3) is 0. The van der Waals surface area contributed by atoms with Gasteiger partial charge in [0, 0.05) is 36.9 Å². The van der Waals surface area contributed by atoms with Gasteiger partial charge >= 0.3 is 0 Å². The lowest BCUT2D eigenvalue weighted by molar-refractivity contribution is 1.18. The maximum absolute atomic E-state index is 5.15. The molecule has 0 atom stereocenters. The maximum atomic E-state index is 5.15. The van der Waals surface area contributed by atoms with Gasteiger partial charge in [-0.15, -0.1) is 11.3 Å². The van der Waals surface area contributed by atoms with Crippen molar-refractivity contribution in [3.63, 3.8) is 0 Å². The molecule has 3 heteroatoms. The van der Waals surface area contributed by atoms with Gasteiger partial charge in [0.25, 0.3) is 0 Å². The Bertz CT molecular complexity index is 3600. The van der Waals surface area contributed by atoms with Crippen LogP contribution in [0.3, 0.4) is 0 Å². The van der Waals surface area contributed by atoms with Crippen molar-refractivity contribution in [2.75, 3.05) is 0 Å². The lowest BCUT2D eigenvalue weighted by Gasteiger charge is -2.14. The third kappa shape index (κ3) is 5.78. The number of benzene rings is 10. The highest BCUT2D eigenvalue weighted by molar-refractivity contribution is 7.25. The van der Waals surface area contributed by atoms with Gasteiger partial charge in [-0.25, -0.2) is 9.97 Å². The van der Waals surface area contributed by atoms with Crippen LogP contribution in [-0.4, -0.2) is 9.97 Å². The second-order valence-electron chi connectivity index (χ2n) is 15.3. The van der Waals surface area contributed by atoms with Crippen LogP contribution in [0.25, 0.3) is 119 Å². The molecule has 0 spiro atoms. The van der Waals surface area contributed by atoms with Gasteiger partial charge in [-0.2, -0.15) is 0 Å². The molecule has 10 aromatic carbocycles. The number of hydrogen-bond donors (Lipinski definition) is 0. The van der Waals surface area contributed by atoms with Gasteiger partial charge < -0.3 is 0 Å². The first kappa shape index (κ1) is 33.7. The first-order chi connectivity index (χ1) is 29.2. The zero-order valence-electron chi connectivity index (χ0n) is 31.9. The van der Waals surface area contributed by atoms with E-state index in [1.54, 1.807) is 0 Å². The van der Waals surface area contributed by atoms with Crippen LogP contribution in [0.1, 0.15) is 0 Å². The van der Waals surface area contributed by atoms with Crippen molar-refractivity contribution in [3.8, 4) is 56.2 Å². The molecule has 0 aliphatic rings. The van der Waals surface area contributed by atoms with E-state index >= 15 is 0 Å². The molecule has 274 valence electrons. The SMILES string of the molecule is c1ccc(-c2nc(-c3ccc4cc(-c5ccc(-c6c7ccccc7cc7c6ccc6ccccc67)cc5)ccc4c3)cc(-c3ccc4sc5ccccc5c4c3)n2)cc1. The van der Waals surface area contributed by atoms with Crippen molar-refractivity contribution < 1.29 is 0 Å². The highest BCUT2D eigenvalue weighted by Crippen LogP contribution is 2.41. The van der Waals surface area contributed by atoms with Crippen LogP contribution in [-0.2, 0) is 0 Å². The van der Waals surface area contributed by atoms with E-state index in [4.69, 9.17) is 9.97 Å². The van der Waals surface area contributed by atoms with Crippen LogP contribution in [0.2, 0.25) is 0 Å². The molecule has 0 radical (unpaired) electrons. The number of rotatable bonds is 5. The standard InChI is InChI=1S/C56H34N2S/c1-2-11-38(12-3-1)56-57-51(34-52(58-56)44-27-29-54-50(33-44)47-16-8-9-17-53(47)59-54)43-25-24-40-30-39(22-23-41(40)31-43)35-18-20-37(21-19-35)55-46-15-7-5-13-42(46)32-49-45-14-6-4-10-36(45)26-28-48(49)55/h1-34H. The van der Waals surface area contributed by atoms with E-state index in [9.17, 15) is 0 Å². The lowest BCUT2D eigenvalue weighted by atomic mass is 9.89. The largest absolute Gasteiger partial charge is 0.228 e. The van der Waals surface area contributed by atoms with Crippen molar-refractivity contribution in [3.05, 3.63) is 206 Å². The van der Waals surface area contributed by atoms with Gasteiger partial charge in [-0.3, -0.25) is 0 Å². The van der Waals surface area contributed by atoms with Crippen molar-refractivity contribution >= 4 is 74.6 Å². The number of hydrogen-bond acceptors (Lipinski definition) is 3. The van der Waals surface area contributed by atoms with E-state index in [1.165, 1.54) is 85.5 Å². The van der Waals surface area contributed by atoms with E-state index in [0.29, 0.717) is 0 Å². The highest BCUT2D eigenvalue weighted by atomic mass is 32.1. The van der Waals surface area contributed by atoms with E-state index < -0.39 is 0 Å². The molecule has 0 amide bonds. The van der Waals surface area contributed by atoms with Crippen LogP contribution >= 0.6 is 11.3 Å². The van der Waals surface area contributed by atoms with Crippen molar-refractivity contribution in [2.45, 2.75) is 0 Å².